The average molecular weight is 630 g/mol. The van der Waals surface area contributed by atoms with Crippen LogP contribution in [-0.2, 0) is 18.4 Å². The number of allylic oxidation sites excluding steroid dienone is 5. The molecule has 0 fully saturated rings. The van der Waals surface area contributed by atoms with Gasteiger partial charge in [-0.05, 0) is 51.4 Å². The first-order valence-corrected chi connectivity index (χ1v) is 18.4. The van der Waals surface area contributed by atoms with Gasteiger partial charge in [-0.2, -0.15) is 0 Å². The Morgan fingerprint density at radius 1 is 0.791 bits per heavy atom. The molecule has 0 radical (unpaired) electrons. The largest absolute Gasteiger partial charge is 0.472 e. The SMILES string of the molecule is CCCCC/C=C/C(O)C(COP(=O)(O)OCC[N+](C)(C)C)NC(=O)CCCCCCC/C=C\C/C=C\CCCCCC. The van der Waals surface area contributed by atoms with Crippen molar-refractivity contribution in [3.63, 3.8) is 0 Å². The van der Waals surface area contributed by atoms with Crippen molar-refractivity contribution in [3.8, 4) is 0 Å². The summed E-state index contributed by atoms with van der Waals surface area (Å²) in [7, 11) is 1.55. The first-order valence-electron chi connectivity index (χ1n) is 16.9. The topological polar surface area (TPSA) is 105 Å². The van der Waals surface area contributed by atoms with Crippen LogP contribution in [0, 0.1) is 0 Å². The number of nitrogens with one attached hydrogen (secondary N) is 1. The Kier molecular flexibility index (Phi) is 26.3. The Balaban J connectivity index is 4.41. The lowest BCUT2D eigenvalue weighted by atomic mass is 10.1. The molecule has 3 unspecified atom stereocenters. The molecule has 0 spiro atoms. The second kappa shape index (κ2) is 27.1. The molecule has 3 N–H and O–H groups in total. The van der Waals surface area contributed by atoms with Crippen LogP contribution in [0.15, 0.2) is 36.5 Å². The molecular formula is C34H66N2O6P+. The zero-order valence-electron chi connectivity index (χ0n) is 28.2. The van der Waals surface area contributed by atoms with E-state index in [4.69, 9.17) is 9.05 Å². The highest BCUT2D eigenvalue weighted by Gasteiger charge is 2.27. The van der Waals surface area contributed by atoms with E-state index in [1.165, 1.54) is 32.1 Å². The van der Waals surface area contributed by atoms with Gasteiger partial charge in [0, 0.05) is 6.42 Å². The third-order valence-corrected chi connectivity index (χ3v) is 8.09. The van der Waals surface area contributed by atoms with Gasteiger partial charge in [0.25, 0.3) is 0 Å². The molecular weight excluding hydrogens is 563 g/mol. The Morgan fingerprint density at radius 3 is 1.95 bits per heavy atom. The number of aliphatic hydroxyl groups excluding tert-OH is 1. The molecule has 0 saturated heterocycles. The summed E-state index contributed by atoms with van der Waals surface area (Å²) in [6.07, 6.45) is 29.6. The number of phosphoric acid groups is 1. The van der Waals surface area contributed by atoms with Crippen molar-refractivity contribution < 1.29 is 32.9 Å². The van der Waals surface area contributed by atoms with Crippen LogP contribution in [0.25, 0.3) is 0 Å². The van der Waals surface area contributed by atoms with Crippen molar-refractivity contribution in [2.24, 2.45) is 0 Å². The molecule has 8 nitrogen and oxygen atoms in total. The molecule has 0 saturated carbocycles. The van der Waals surface area contributed by atoms with Gasteiger partial charge >= 0.3 is 7.82 Å². The Labute approximate surface area is 264 Å². The molecule has 9 heteroatoms. The van der Waals surface area contributed by atoms with Crippen LogP contribution in [0.4, 0.5) is 0 Å². The second-order valence-electron chi connectivity index (χ2n) is 12.5. The molecule has 252 valence electrons. The minimum atomic E-state index is -4.32. The summed E-state index contributed by atoms with van der Waals surface area (Å²) in [6, 6.07) is -0.847. The fraction of sp³-hybridized carbons (Fsp3) is 0.794. The van der Waals surface area contributed by atoms with E-state index < -0.39 is 20.0 Å². The van der Waals surface area contributed by atoms with Crippen molar-refractivity contribution in [1.82, 2.24) is 5.32 Å². The highest BCUT2D eigenvalue weighted by Crippen LogP contribution is 2.43. The number of quaternary nitrogens is 1. The predicted octanol–water partition coefficient (Wildman–Crippen LogP) is 8.01. The number of hydrogen-bond donors (Lipinski definition) is 3. The van der Waals surface area contributed by atoms with E-state index in [0.717, 1.165) is 70.6 Å². The number of phosphoric ester groups is 1. The first-order chi connectivity index (χ1) is 20.5. The number of unbranched alkanes of at least 4 members (excludes halogenated alkanes) is 12. The van der Waals surface area contributed by atoms with Crippen LogP contribution in [-0.4, -0.2) is 73.4 Å². The van der Waals surface area contributed by atoms with Gasteiger partial charge in [-0.1, -0.05) is 102 Å². The molecule has 0 aliphatic carbocycles. The first kappa shape index (κ1) is 41.7. The standard InChI is InChI=1S/C34H65N2O6P/c1-6-8-10-12-13-14-15-16-17-18-19-20-21-22-24-26-28-34(38)35-32(33(37)27-25-23-11-9-7-2)31-42-43(39,40)41-30-29-36(3,4)5/h14-15,17-18,25,27,32-33,37H,6-13,16,19-24,26,28-31H2,1-5H3,(H-,35,38,39,40)/p+1/b15-14-,18-17-,27-25+. The molecule has 0 heterocycles. The summed E-state index contributed by atoms with van der Waals surface area (Å²) in [4.78, 5) is 22.7. The lowest BCUT2D eigenvalue weighted by Crippen LogP contribution is -2.45. The fourth-order valence-electron chi connectivity index (χ4n) is 4.30. The summed E-state index contributed by atoms with van der Waals surface area (Å²) in [5.41, 5.74) is 0. The highest BCUT2D eigenvalue weighted by atomic mass is 31.2. The molecule has 0 aromatic rings. The monoisotopic (exact) mass is 629 g/mol. The summed E-state index contributed by atoms with van der Waals surface area (Å²) in [6.45, 7) is 4.63. The molecule has 0 aliphatic heterocycles. The summed E-state index contributed by atoms with van der Waals surface area (Å²) in [5, 5.41) is 13.5. The van der Waals surface area contributed by atoms with Gasteiger partial charge in [-0.25, -0.2) is 4.57 Å². The number of likely N-dealkylation sites (N-methyl/N-ethyl adjacent to an activating group) is 1. The molecule has 1 amide bonds. The van der Waals surface area contributed by atoms with Crippen molar-refractivity contribution in [2.45, 2.75) is 135 Å². The van der Waals surface area contributed by atoms with E-state index in [-0.39, 0.29) is 19.1 Å². The van der Waals surface area contributed by atoms with Crippen molar-refractivity contribution in [1.29, 1.82) is 0 Å². The van der Waals surface area contributed by atoms with E-state index in [2.05, 4.69) is 43.5 Å². The number of aliphatic hydroxyl groups is 1. The Hall–Kier alpha value is -1.28. The van der Waals surface area contributed by atoms with Gasteiger partial charge in [0.1, 0.15) is 13.2 Å². The number of carbonyl (C=O) groups excluding carboxylic acids is 1. The maximum Gasteiger partial charge on any atom is 0.472 e. The third-order valence-electron chi connectivity index (χ3n) is 7.10. The molecule has 0 aliphatic rings. The summed E-state index contributed by atoms with van der Waals surface area (Å²) >= 11 is 0. The zero-order valence-corrected chi connectivity index (χ0v) is 29.1. The molecule has 43 heavy (non-hydrogen) atoms. The molecule has 0 aromatic carbocycles. The highest BCUT2D eigenvalue weighted by molar-refractivity contribution is 7.47. The van der Waals surface area contributed by atoms with Crippen LogP contribution in [0.1, 0.15) is 123 Å². The van der Waals surface area contributed by atoms with E-state index >= 15 is 0 Å². The summed E-state index contributed by atoms with van der Waals surface area (Å²) < 4.78 is 23.2. The molecule has 0 rings (SSSR count). The molecule has 3 atom stereocenters. The zero-order chi connectivity index (χ0) is 32.2. The summed E-state index contributed by atoms with van der Waals surface area (Å²) in [5.74, 6) is -0.202. The lowest BCUT2D eigenvalue weighted by Gasteiger charge is -2.25. The Bertz CT molecular complexity index is 809. The number of nitrogens with zero attached hydrogens (tertiary/aromatic N) is 1. The van der Waals surface area contributed by atoms with Gasteiger partial charge in [-0.3, -0.25) is 13.8 Å². The van der Waals surface area contributed by atoms with E-state index in [1.54, 1.807) is 6.08 Å². The fourth-order valence-corrected chi connectivity index (χ4v) is 5.04. The normalized spacial score (nSPS) is 15.4. The number of hydrogen-bond acceptors (Lipinski definition) is 5. The van der Waals surface area contributed by atoms with Crippen molar-refractivity contribution in [2.75, 3.05) is 40.9 Å². The minimum Gasteiger partial charge on any atom is -0.387 e. The smallest absolute Gasteiger partial charge is 0.387 e. The van der Waals surface area contributed by atoms with Crippen LogP contribution in [0.2, 0.25) is 0 Å². The maximum absolute atomic E-state index is 12.6. The predicted molar refractivity (Wildman–Crippen MR) is 180 cm³/mol. The number of amides is 1. The van der Waals surface area contributed by atoms with Gasteiger partial charge < -0.3 is 19.8 Å². The van der Waals surface area contributed by atoms with E-state index in [9.17, 15) is 19.4 Å². The number of rotatable bonds is 29. The number of carbonyl (C=O) groups is 1. The minimum absolute atomic E-state index is 0.0566. The lowest BCUT2D eigenvalue weighted by molar-refractivity contribution is -0.870. The molecule has 0 aromatic heterocycles. The van der Waals surface area contributed by atoms with Crippen molar-refractivity contribution in [3.05, 3.63) is 36.5 Å². The quantitative estimate of drug-likeness (QED) is 0.0335. The average Bonchev–Trinajstić information content (AvgIpc) is 2.94. The van der Waals surface area contributed by atoms with E-state index in [1.807, 2.05) is 27.2 Å². The maximum atomic E-state index is 12.6. The Morgan fingerprint density at radius 2 is 1.33 bits per heavy atom. The van der Waals surface area contributed by atoms with Gasteiger partial charge in [-0.15, -0.1) is 0 Å². The van der Waals surface area contributed by atoms with Crippen LogP contribution >= 0.6 is 7.82 Å². The van der Waals surface area contributed by atoms with Gasteiger partial charge in [0.2, 0.25) is 5.91 Å². The second-order valence-corrected chi connectivity index (χ2v) is 14.0. The van der Waals surface area contributed by atoms with Crippen LogP contribution < -0.4 is 5.32 Å². The molecule has 0 bridgehead atoms. The third kappa shape index (κ3) is 29.2. The van der Waals surface area contributed by atoms with Crippen LogP contribution in [0.3, 0.4) is 0 Å². The van der Waals surface area contributed by atoms with Gasteiger partial charge in [0.15, 0.2) is 0 Å². The van der Waals surface area contributed by atoms with E-state index in [0.29, 0.717) is 17.4 Å². The van der Waals surface area contributed by atoms with Crippen LogP contribution in [0.5, 0.6) is 0 Å². The van der Waals surface area contributed by atoms with Gasteiger partial charge in [0.05, 0.1) is 39.9 Å². The van der Waals surface area contributed by atoms with Crippen molar-refractivity contribution >= 4 is 13.7 Å².